The maximum atomic E-state index is 6.00. The second-order valence-electron chi connectivity index (χ2n) is 4.93. The maximum Gasteiger partial charge on any atom is 0.110 e. The summed E-state index contributed by atoms with van der Waals surface area (Å²) < 4.78 is 0. The molecule has 0 fully saturated rings. The number of hydrogen-bond acceptors (Lipinski definition) is 3. The highest BCUT2D eigenvalue weighted by Gasteiger charge is 2.10. The molecule has 0 radical (unpaired) electrons. The smallest absolute Gasteiger partial charge is 0.110 e. The molecule has 0 aliphatic rings. The van der Waals surface area contributed by atoms with E-state index < -0.39 is 0 Å². The van der Waals surface area contributed by atoms with E-state index in [2.05, 4.69) is 33.7 Å². The Labute approximate surface area is 127 Å². The van der Waals surface area contributed by atoms with Crippen LogP contribution in [0, 0.1) is 6.92 Å². The zero-order valence-electron chi connectivity index (χ0n) is 11.4. The van der Waals surface area contributed by atoms with E-state index in [1.807, 2.05) is 25.3 Å². The van der Waals surface area contributed by atoms with Crippen LogP contribution in [0.5, 0.6) is 0 Å². The van der Waals surface area contributed by atoms with Crippen molar-refractivity contribution in [1.82, 2.24) is 15.3 Å². The molecule has 3 nitrogen and oxygen atoms in total. The van der Waals surface area contributed by atoms with E-state index in [1.54, 1.807) is 11.3 Å². The van der Waals surface area contributed by atoms with Crippen LogP contribution in [0.1, 0.15) is 29.2 Å². The summed E-state index contributed by atoms with van der Waals surface area (Å²) in [5.41, 5.74) is 3.41. The van der Waals surface area contributed by atoms with E-state index in [0.717, 1.165) is 27.8 Å². The lowest BCUT2D eigenvalue weighted by Gasteiger charge is -2.10. The van der Waals surface area contributed by atoms with Crippen LogP contribution in [0.3, 0.4) is 0 Å². The van der Waals surface area contributed by atoms with Gasteiger partial charge in [0.05, 0.1) is 6.04 Å². The summed E-state index contributed by atoms with van der Waals surface area (Å²) in [6.07, 6.45) is 2.04. The number of aromatic amines is 1. The largest absolute Gasteiger partial charge is 0.361 e. The Hall–Kier alpha value is -1.36. The standard InChI is InChI=1S/C15H16ClN3S/c1-9-8-20-15(19-9)10(2)17-6-11-7-18-14-5-12(16)3-4-13(11)14/h3-5,7-8,10,17-18H,6H2,1-2H3. The summed E-state index contributed by atoms with van der Waals surface area (Å²) in [7, 11) is 0. The lowest BCUT2D eigenvalue weighted by Crippen LogP contribution is -2.17. The molecule has 0 aliphatic heterocycles. The van der Waals surface area contributed by atoms with Crippen molar-refractivity contribution in [3.05, 3.63) is 51.1 Å². The van der Waals surface area contributed by atoms with E-state index in [9.17, 15) is 0 Å². The fraction of sp³-hybridized carbons (Fsp3) is 0.267. The molecule has 20 heavy (non-hydrogen) atoms. The SMILES string of the molecule is Cc1csc(C(C)NCc2c[nH]c3cc(Cl)ccc23)n1. The topological polar surface area (TPSA) is 40.7 Å². The molecule has 2 N–H and O–H groups in total. The van der Waals surface area contributed by atoms with Crippen LogP contribution in [0.2, 0.25) is 5.02 Å². The zero-order chi connectivity index (χ0) is 14.1. The van der Waals surface area contributed by atoms with Gasteiger partial charge >= 0.3 is 0 Å². The maximum absolute atomic E-state index is 6.00. The number of rotatable bonds is 4. The van der Waals surface area contributed by atoms with Crippen LogP contribution in [0.4, 0.5) is 0 Å². The van der Waals surface area contributed by atoms with Gasteiger partial charge in [-0.05, 0) is 31.5 Å². The van der Waals surface area contributed by atoms with E-state index in [1.165, 1.54) is 10.9 Å². The van der Waals surface area contributed by atoms with Crippen molar-refractivity contribution < 1.29 is 0 Å². The molecule has 0 spiro atoms. The number of nitrogens with zero attached hydrogens (tertiary/aromatic N) is 1. The van der Waals surface area contributed by atoms with Gasteiger partial charge in [-0.2, -0.15) is 0 Å². The highest BCUT2D eigenvalue weighted by Crippen LogP contribution is 2.23. The number of aromatic nitrogens is 2. The minimum absolute atomic E-state index is 0.256. The number of thiazole rings is 1. The first kappa shape index (κ1) is 13.6. The number of H-pyrrole nitrogens is 1. The first-order valence-electron chi connectivity index (χ1n) is 6.54. The molecule has 0 saturated carbocycles. The Bertz CT molecular complexity index is 732. The molecule has 1 atom stereocenters. The van der Waals surface area contributed by atoms with Crippen LogP contribution in [-0.4, -0.2) is 9.97 Å². The van der Waals surface area contributed by atoms with Crippen molar-refractivity contribution in [3.63, 3.8) is 0 Å². The third-order valence-electron chi connectivity index (χ3n) is 3.34. The third-order valence-corrected chi connectivity index (χ3v) is 4.72. The van der Waals surface area contributed by atoms with E-state index in [4.69, 9.17) is 11.6 Å². The van der Waals surface area contributed by atoms with Gasteiger partial charge in [0.2, 0.25) is 0 Å². The summed E-state index contributed by atoms with van der Waals surface area (Å²) in [6.45, 7) is 4.97. The molecule has 0 amide bonds. The van der Waals surface area contributed by atoms with Gasteiger partial charge in [0.25, 0.3) is 0 Å². The first-order valence-corrected chi connectivity index (χ1v) is 7.80. The minimum atomic E-state index is 0.256. The molecule has 0 bridgehead atoms. The lowest BCUT2D eigenvalue weighted by atomic mass is 10.1. The quantitative estimate of drug-likeness (QED) is 0.748. The monoisotopic (exact) mass is 305 g/mol. The second kappa shape index (κ2) is 5.56. The van der Waals surface area contributed by atoms with Crippen molar-refractivity contribution in [1.29, 1.82) is 0 Å². The van der Waals surface area contributed by atoms with Crippen LogP contribution < -0.4 is 5.32 Å². The summed E-state index contributed by atoms with van der Waals surface area (Å²) >= 11 is 7.70. The molecule has 2 aromatic heterocycles. The molecule has 0 saturated heterocycles. The normalized spacial score (nSPS) is 12.9. The van der Waals surface area contributed by atoms with Crippen LogP contribution in [-0.2, 0) is 6.54 Å². The average molecular weight is 306 g/mol. The Balaban J connectivity index is 1.74. The van der Waals surface area contributed by atoms with Crippen molar-refractivity contribution in [2.24, 2.45) is 0 Å². The number of hydrogen-bond donors (Lipinski definition) is 2. The molecule has 2 heterocycles. The summed E-state index contributed by atoms with van der Waals surface area (Å²) in [4.78, 5) is 7.77. The number of halogens is 1. The number of benzene rings is 1. The molecular formula is C15H16ClN3S. The second-order valence-corrected chi connectivity index (χ2v) is 6.26. The predicted molar refractivity (Wildman–Crippen MR) is 85.4 cm³/mol. The zero-order valence-corrected chi connectivity index (χ0v) is 13.0. The highest BCUT2D eigenvalue weighted by molar-refractivity contribution is 7.09. The van der Waals surface area contributed by atoms with Gasteiger partial charge in [-0.25, -0.2) is 4.98 Å². The van der Waals surface area contributed by atoms with Gasteiger partial charge in [-0.15, -0.1) is 11.3 Å². The van der Waals surface area contributed by atoms with E-state index >= 15 is 0 Å². The number of fused-ring (bicyclic) bond motifs is 1. The molecule has 3 aromatic rings. The lowest BCUT2D eigenvalue weighted by molar-refractivity contribution is 0.573. The third kappa shape index (κ3) is 2.73. The Morgan fingerprint density at radius 1 is 1.45 bits per heavy atom. The molecule has 1 aromatic carbocycles. The highest BCUT2D eigenvalue weighted by atomic mass is 35.5. The van der Waals surface area contributed by atoms with Gasteiger partial charge in [0.15, 0.2) is 0 Å². The molecule has 5 heteroatoms. The molecular weight excluding hydrogens is 290 g/mol. The van der Waals surface area contributed by atoms with Crippen molar-refractivity contribution in [2.45, 2.75) is 26.4 Å². The van der Waals surface area contributed by atoms with Gasteiger partial charge < -0.3 is 10.3 Å². The molecule has 3 rings (SSSR count). The van der Waals surface area contributed by atoms with E-state index in [0.29, 0.717) is 0 Å². The molecule has 1 unspecified atom stereocenters. The fourth-order valence-corrected chi connectivity index (χ4v) is 3.23. The van der Waals surface area contributed by atoms with Crippen molar-refractivity contribution in [2.75, 3.05) is 0 Å². The van der Waals surface area contributed by atoms with Crippen LogP contribution in [0.15, 0.2) is 29.8 Å². The average Bonchev–Trinajstić information content (AvgIpc) is 3.02. The summed E-state index contributed by atoms with van der Waals surface area (Å²) in [6, 6.07) is 6.19. The van der Waals surface area contributed by atoms with Gasteiger partial charge in [-0.3, -0.25) is 0 Å². The Kier molecular flexibility index (Phi) is 3.78. The van der Waals surface area contributed by atoms with Gasteiger partial charge in [-0.1, -0.05) is 17.7 Å². The number of aryl methyl sites for hydroxylation is 1. The summed E-state index contributed by atoms with van der Waals surface area (Å²) in [5.74, 6) is 0. The van der Waals surface area contributed by atoms with Crippen LogP contribution >= 0.6 is 22.9 Å². The van der Waals surface area contributed by atoms with E-state index in [-0.39, 0.29) is 6.04 Å². The van der Waals surface area contributed by atoms with Crippen molar-refractivity contribution in [3.8, 4) is 0 Å². The summed E-state index contributed by atoms with van der Waals surface area (Å²) in [5, 5.41) is 8.70. The fourth-order valence-electron chi connectivity index (χ4n) is 2.23. The Morgan fingerprint density at radius 2 is 2.30 bits per heavy atom. The van der Waals surface area contributed by atoms with Gasteiger partial charge in [0.1, 0.15) is 5.01 Å². The molecule has 0 aliphatic carbocycles. The van der Waals surface area contributed by atoms with Crippen molar-refractivity contribution >= 4 is 33.8 Å². The minimum Gasteiger partial charge on any atom is -0.361 e. The first-order chi connectivity index (χ1) is 9.63. The number of nitrogens with one attached hydrogen (secondary N) is 2. The predicted octanol–water partition coefficient (Wildman–Crippen LogP) is 4.44. The van der Waals surface area contributed by atoms with Crippen LogP contribution in [0.25, 0.3) is 10.9 Å². The Morgan fingerprint density at radius 3 is 3.05 bits per heavy atom. The molecule has 104 valence electrons. The van der Waals surface area contributed by atoms with Gasteiger partial charge in [0, 0.05) is 39.7 Å².